The van der Waals surface area contributed by atoms with Crippen molar-refractivity contribution in [2.75, 3.05) is 39.1 Å². The average Bonchev–Trinajstić information content (AvgIpc) is 3.63. The van der Waals surface area contributed by atoms with E-state index in [2.05, 4.69) is 5.32 Å². The molecule has 1 amide bonds. The van der Waals surface area contributed by atoms with E-state index < -0.39 is 23.8 Å². The molecule has 1 fully saturated rings. The lowest BCUT2D eigenvalue weighted by Gasteiger charge is -2.27. The number of anilines is 1. The number of aliphatic carboxylic acids is 1. The molecule has 0 aromatic heterocycles. The molecule has 5 rings (SSSR count). The van der Waals surface area contributed by atoms with Crippen molar-refractivity contribution in [2.45, 2.75) is 45.6 Å². The summed E-state index contributed by atoms with van der Waals surface area (Å²) in [7, 11) is 1.53. The van der Waals surface area contributed by atoms with E-state index >= 15 is 0 Å². The maximum atomic E-state index is 14.2. The van der Waals surface area contributed by atoms with Crippen LogP contribution in [-0.4, -0.2) is 55.7 Å². The molecule has 9 nitrogen and oxygen atoms in total. The summed E-state index contributed by atoms with van der Waals surface area (Å²) in [6, 6.07) is 13.2. The second-order valence-corrected chi connectivity index (χ2v) is 10.8. The molecule has 3 aromatic rings. The third-order valence-electron chi connectivity index (χ3n) is 8.32. The highest BCUT2D eigenvalue weighted by Crippen LogP contribution is 2.49. The van der Waals surface area contributed by atoms with E-state index in [0.717, 1.165) is 16.7 Å². The molecule has 2 aliphatic rings. The minimum Gasteiger partial charge on any atom is -0.481 e. The molecule has 1 saturated heterocycles. The lowest BCUT2D eigenvalue weighted by molar-refractivity contribution is -0.143. The number of benzene rings is 3. The maximum absolute atomic E-state index is 14.2. The number of amides is 1. The lowest BCUT2D eigenvalue weighted by atomic mass is 9.81. The van der Waals surface area contributed by atoms with Crippen LogP contribution >= 0.6 is 0 Å². The number of fused-ring (bicyclic) bond motifs is 1. The van der Waals surface area contributed by atoms with Crippen molar-refractivity contribution in [1.82, 2.24) is 4.90 Å². The number of hydrogen-bond acceptors (Lipinski definition) is 7. The second kappa shape index (κ2) is 13.0. The summed E-state index contributed by atoms with van der Waals surface area (Å²) in [4.78, 5) is 28.5. The number of rotatable bonds is 11. The summed E-state index contributed by atoms with van der Waals surface area (Å²) < 4.78 is 36.0. The summed E-state index contributed by atoms with van der Waals surface area (Å²) >= 11 is 0. The van der Waals surface area contributed by atoms with Crippen molar-refractivity contribution in [1.29, 1.82) is 0 Å². The highest BCUT2D eigenvalue weighted by atomic mass is 19.1. The number of nitrogens with one attached hydrogen (secondary N) is 1. The second-order valence-electron chi connectivity index (χ2n) is 10.8. The molecular weight excluding hydrogens is 555 g/mol. The van der Waals surface area contributed by atoms with Gasteiger partial charge >= 0.3 is 5.97 Å². The zero-order valence-electron chi connectivity index (χ0n) is 24.8. The molecule has 3 atom stereocenters. The number of likely N-dealkylation sites (tertiary alicyclic amines) is 1. The third kappa shape index (κ3) is 6.16. The van der Waals surface area contributed by atoms with Crippen molar-refractivity contribution >= 4 is 17.6 Å². The zero-order valence-corrected chi connectivity index (χ0v) is 24.8. The van der Waals surface area contributed by atoms with E-state index in [4.69, 9.17) is 18.9 Å². The number of methoxy groups -OCH3 is 1. The smallest absolute Gasteiger partial charge is 0.309 e. The molecule has 43 heavy (non-hydrogen) atoms. The van der Waals surface area contributed by atoms with Crippen molar-refractivity contribution in [2.24, 2.45) is 5.92 Å². The molecule has 3 aromatic carbocycles. The summed E-state index contributed by atoms with van der Waals surface area (Å²) in [5.74, 6) is -1.07. The Balaban J connectivity index is 1.50. The van der Waals surface area contributed by atoms with Crippen molar-refractivity contribution in [3.8, 4) is 17.2 Å². The molecule has 0 saturated carbocycles. The predicted molar refractivity (Wildman–Crippen MR) is 158 cm³/mol. The van der Waals surface area contributed by atoms with Crippen LogP contribution in [-0.2, 0) is 27.2 Å². The van der Waals surface area contributed by atoms with Crippen LogP contribution in [0.15, 0.2) is 48.5 Å². The van der Waals surface area contributed by atoms with Crippen molar-refractivity contribution in [3.63, 3.8) is 0 Å². The van der Waals surface area contributed by atoms with Crippen molar-refractivity contribution < 1.29 is 38.0 Å². The molecular formula is C33H37FN2O7. The Hall–Kier alpha value is -4.15. The minimum absolute atomic E-state index is 0.0554. The molecule has 2 heterocycles. The monoisotopic (exact) mass is 592 g/mol. The number of halogens is 1. The van der Waals surface area contributed by atoms with Crippen LogP contribution in [0.1, 0.15) is 53.6 Å². The number of ether oxygens (including phenoxy) is 4. The summed E-state index contributed by atoms with van der Waals surface area (Å²) in [6.07, 6.45) is 1.10. The molecule has 2 N–H and O–H groups in total. The Morgan fingerprint density at radius 1 is 1.07 bits per heavy atom. The van der Waals surface area contributed by atoms with E-state index in [1.807, 2.05) is 49.9 Å². The number of aryl methyl sites for hydroxylation is 2. The molecule has 10 heteroatoms. The van der Waals surface area contributed by atoms with Gasteiger partial charge in [-0.1, -0.05) is 32.0 Å². The van der Waals surface area contributed by atoms with Crippen LogP contribution in [0.25, 0.3) is 0 Å². The summed E-state index contributed by atoms with van der Waals surface area (Å²) in [5, 5.41) is 13.6. The highest BCUT2D eigenvalue weighted by Gasteiger charge is 2.48. The molecule has 0 unspecified atom stereocenters. The topological polar surface area (TPSA) is 107 Å². The van der Waals surface area contributed by atoms with Crippen LogP contribution in [0.4, 0.5) is 10.1 Å². The van der Waals surface area contributed by atoms with Gasteiger partial charge in [0.15, 0.2) is 18.3 Å². The lowest BCUT2D eigenvalue weighted by Crippen LogP contribution is -2.35. The SMILES string of the molecule is CCc1cc(F)cc(CC)c1NC(=O)CN1C[C@H](c2ccc3c(c2C)OCO3)[C@@H](C(=O)O)[C@@H]1c1ccc(OCOC)cc1. The first-order valence-electron chi connectivity index (χ1n) is 14.4. The van der Waals surface area contributed by atoms with E-state index in [9.17, 15) is 19.1 Å². The fourth-order valence-electron chi connectivity index (χ4n) is 6.33. The van der Waals surface area contributed by atoms with Crippen LogP contribution < -0.4 is 19.5 Å². The van der Waals surface area contributed by atoms with Gasteiger partial charge in [-0.15, -0.1) is 0 Å². The first-order chi connectivity index (χ1) is 20.7. The van der Waals surface area contributed by atoms with Gasteiger partial charge in [-0.3, -0.25) is 14.5 Å². The van der Waals surface area contributed by atoms with Crippen LogP contribution in [0.2, 0.25) is 0 Å². The molecule has 0 radical (unpaired) electrons. The van der Waals surface area contributed by atoms with Gasteiger partial charge in [-0.25, -0.2) is 4.39 Å². The van der Waals surface area contributed by atoms with Gasteiger partial charge in [0.25, 0.3) is 0 Å². The van der Waals surface area contributed by atoms with Gasteiger partial charge in [-0.2, -0.15) is 0 Å². The van der Waals surface area contributed by atoms with Gasteiger partial charge in [0.05, 0.1) is 12.5 Å². The Morgan fingerprint density at radius 3 is 2.40 bits per heavy atom. The highest BCUT2D eigenvalue weighted by molar-refractivity contribution is 5.94. The van der Waals surface area contributed by atoms with Crippen LogP contribution in [0.3, 0.4) is 0 Å². The van der Waals surface area contributed by atoms with E-state index in [1.165, 1.54) is 19.2 Å². The normalized spacial score (nSPS) is 19.4. The van der Waals surface area contributed by atoms with Gasteiger partial charge in [0, 0.05) is 31.3 Å². The molecule has 0 aliphatic carbocycles. The standard InChI is InChI=1S/C33H37FN2O7/c1-5-20-13-23(34)14-21(6-2)30(20)35-28(37)16-36-15-26(25-11-12-27-32(19(25)3)43-18-42-27)29(33(38)39)31(36)22-7-9-24(10-8-22)41-17-40-4/h7-14,26,29,31H,5-6,15-18H2,1-4H3,(H,35,37)(H,38,39)/t26-,29-,31+/m1/s1. The number of carbonyl (C=O) groups is 2. The average molecular weight is 593 g/mol. The molecule has 2 aliphatic heterocycles. The number of carbonyl (C=O) groups excluding carboxylic acids is 1. The predicted octanol–water partition coefficient (Wildman–Crippen LogP) is 5.45. The first-order valence-corrected chi connectivity index (χ1v) is 14.4. The van der Waals surface area contributed by atoms with Crippen LogP contribution in [0, 0.1) is 18.7 Å². The zero-order chi connectivity index (χ0) is 30.7. The number of carboxylic acids is 1. The minimum atomic E-state index is -0.963. The fourth-order valence-corrected chi connectivity index (χ4v) is 6.33. The molecule has 228 valence electrons. The third-order valence-corrected chi connectivity index (χ3v) is 8.32. The fraction of sp³-hybridized carbons (Fsp3) is 0.394. The Bertz CT molecular complexity index is 1470. The Morgan fingerprint density at radius 2 is 1.77 bits per heavy atom. The Kier molecular flexibility index (Phi) is 9.17. The number of carboxylic acid groups (broad SMARTS) is 1. The summed E-state index contributed by atoms with van der Waals surface area (Å²) in [6.45, 7) is 6.19. The van der Waals surface area contributed by atoms with Crippen molar-refractivity contribution in [3.05, 3.63) is 82.2 Å². The number of nitrogens with zero attached hydrogens (tertiary/aromatic N) is 1. The first kappa shape index (κ1) is 30.3. The Labute approximate surface area is 250 Å². The van der Waals surface area contributed by atoms with E-state index in [-0.39, 0.29) is 31.9 Å². The largest absolute Gasteiger partial charge is 0.481 e. The quantitative estimate of drug-likeness (QED) is 0.283. The van der Waals surface area contributed by atoms with Crippen LogP contribution in [0.5, 0.6) is 17.2 Å². The van der Waals surface area contributed by atoms with Gasteiger partial charge in [-0.05, 0) is 77.9 Å². The van der Waals surface area contributed by atoms with Gasteiger partial charge < -0.3 is 29.4 Å². The molecule has 0 bridgehead atoms. The van der Waals surface area contributed by atoms with E-state index in [1.54, 1.807) is 12.1 Å². The van der Waals surface area contributed by atoms with Gasteiger partial charge in [0.1, 0.15) is 11.6 Å². The van der Waals surface area contributed by atoms with E-state index in [0.29, 0.717) is 53.4 Å². The number of hydrogen-bond donors (Lipinski definition) is 2. The summed E-state index contributed by atoms with van der Waals surface area (Å²) in [5.41, 5.74) is 4.45. The molecule has 0 spiro atoms. The van der Waals surface area contributed by atoms with Gasteiger partial charge in [0.2, 0.25) is 12.7 Å². The maximum Gasteiger partial charge on any atom is 0.309 e.